The number of hydrogen-bond donors (Lipinski definition) is 0. The second-order valence-corrected chi connectivity index (χ2v) is 7.39. The van der Waals surface area contributed by atoms with Gasteiger partial charge in [-0.15, -0.1) is 0 Å². The van der Waals surface area contributed by atoms with E-state index in [0.29, 0.717) is 25.7 Å². The van der Waals surface area contributed by atoms with E-state index >= 15 is 0 Å². The number of benzene rings is 2. The molecule has 2 rings (SSSR count). The molecule has 12 heteroatoms. The zero-order valence-corrected chi connectivity index (χ0v) is 19.8. The molecule has 0 radical (unpaired) electrons. The van der Waals surface area contributed by atoms with Gasteiger partial charge < -0.3 is 9.47 Å². The van der Waals surface area contributed by atoms with Crippen LogP contribution in [0.2, 0.25) is 0 Å². The van der Waals surface area contributed by atoms with Crippen molar-refractivity contribution in [2.75, 3.05) is 13.2 Å². The van der Waals surface area contributed by atoms with Gasteiger partial charge in [0.2, 0.25) is 0 Å². The number of ether oxygens (including phenoxy) is 2. The molecule has 0 saturated carbocycles. The molecule has 0 heterocycles. The fourth-order valence-electron chi connectivity index (χ4n) is 2.54. The van der Waals surface area contributed by atoms with Crippen molar-refractivity contribution in [3.05, 3.63) is 70.8 Å². The quantitative estimate of drug-likeness (QED) is 0.158. The van der Waals surface area contributed by atoms with Crippen molar-refractivity contribution in [1.29, 1.82) is 0 Å². The highest BCUT2D eigenvalue weighted by atomic mass is 17.5. The molecule has 0 aliphatic heterocycles. The Morgan fingerprint density at radius 2 is 0.889 bits per heavy atom. The molecule has 0 saturated heterocycles. The van der Waals surface area contributed by atoms with Crippen LogP contribution in [0.25, 0.3) is 0 Å². The highest BCUT2D eigenvalue weighted by Crippen LogP contribution is 2.07. The van der Waals surface area contributed by atoms with E-state index in [9.17, 15) is 19.2 Å². The molecule has 0 bridgehead atoms. The van der Waals surface area contributed by atoms with Gasteiger partial charge >= 0.3 is 24.2 Å². The van der Waals surface area contributed by atoms with E-state index in [1.165, 1.54) is 24.3 Å². The highest BCUT2D eigenvalue weighted by molar-refractivity contribution is 5.89. The highest BCUT2D eigenvalue weighted by Gasteiger charge is 2.13. The van der Waals surface area contributed by atoms with Crippen LogP contribution in [0.3, 0.4) is 0 Å². The average molecular weight is 506 g/mol. The van der Waals surface area contributed by atoms with Gasteiger partial charge in [0.1, 0.15) is 0 Å². The first kappa shape index (κ1) is 28.1. The van der Waals surface area contributed by atoms with Crippen molar-refractivity contribution >= 4 is 24.2 Å². The van der Waals surface area contributed by atoms with E-state index in [-0.39, 0.29) is 24.3 Å². The molecule has 0 aliphatic rings. The van der Waals surface area contributed by atoms with Gasteiger partial charge in [-0.2, -0.15) is 0 Å². The van der Waals surface area contributed by atoms with Crippen molar-refractivity contribution in [2.24, 2.45) is 0 Å². The van der Waals surface area contributed by atoms with Gasteiger partial charge in [0, 0.05) is 0 Å². The molecule has 36 heavy (non-hydrogen) atoms. The SMILES string of the molecule is Cc1ccc(C(=O)OOOC(=O)OCCCCCCOC(=O)OOOC(=O)c2ccc(C)cc2)cc1. The van der Waals surface area contributed by atoms with Crippen molar-refractivity contribution in [3.8, 4) is 0 Å². The van der Waals surface area contributed by atoms with Gasteiger partial charge in [-0.3, -0.25) is 9.78 Å². The van der Waals surface area contributed by atoms with Crippen molar-refractivity contribution in [1.82, 2.24) is 0 Å². The lowest BCUT2D eigenvalue weighted by Crippen LogP contribution is -2.13. The van der Waals surface area contributed by atoms with Gasteiger partial charge in [0.05, 0.1) is 34.4 Å². The summed E-state index contributed by atoms with van der Waals surface area (Å²) in [5, 5.41) is 8.24. The third kappa shape index (κ3) is 11.3. The van der Waals surface area contributed by atoms with Crippen LogP contribution in [-0.4, -0.2) is 37.5 Å². The molecule has 0 fully saturated rings. The standard InChI is InChI=1S/C24H26O12/c1-17-7-11-19(12-8-17)21(25)31-35-33-23(27)29-15-5-3-4-6-16-30-24(28)34-36-32-22(26)20-13-9-18(2)10-14-20/h7-14H,3-6,15-16H2,1-2H3. The minimum absolute atomic E-state index is 0.0389. The number of carbonyl (C=O) groups excluding carboxylic acids is 4. The lowest BCUT2D eigenvalue weighted by Gasteiger charge is -2.05. The maximum atomic E-state index is 11.7. The van der Waals surface area contributed by atoms with E-state index in [1.807, 2.05) is 13.8 Å². The summed E-state index contributed by atoms with van der Waals surface area (Å²) in [7, 11) is 0. The van der Waals surface area contributed by atoms with Gasteiger partial charge in [-0.05, 0) is 63.8 Å². The Bertz CT molecular complexity index is 904. The second kappa shape index (κ2) is 15.7. The zero-order chi connectivity index (χ0) is 26.2. The zero-order valence-electron chi connectivity index (χ0n) is 19.8. The predicted octanol–water partition coefficient (Wildman–Crippen LogP) is 4.88. The van der Waals surface area contributed by atoms with E-state index in [2.05, 4.69) is 29.6 Å². The summed E-state index contributed by atoms with van der Waals surface area (Å²) >= 11 is 0. The Morgan fingerprint density at radius 1 is 0.528 bits per heavy atom. The molecule has 0 unspecified atom stereocenters. The van der Waals surface area contributed by atoms with E-state index in [1.54, 1.807) is 24.3 Å². The van der Waals surface area contributed by atoms with E-state index in [0.717, 1.165) is 11.1 Å². The van der Waals surface area contributed by atoms with Gasteiger partial charge in [0.25, 0.3) is 0 Å². The van der Waals surface area contributed by atoms with Crippen LogP contribution in [-0.2, 0) is 39.1 Å². The van der Waals surface area contributed by atoms with Crippen LogP contribution in [0.1, 0.15) is 57.5 Å². The van der Waals surface area contributed by atoms with Gasteiger partial charge in [-0.25, -0.2) is 29.0 Å². The first-order valence-electron chi connectivity index (χ1n) is 10.9. The maximum Gasteiger partial charge on any atom is 0.543 e. The number of hydrogen-bond acceptors (Lipinski definition) is 12. The third-order valence-electron chi connectivity index (χ3n) is 4.48. The van der Waals surface area contributed by atoms with E-state index < -0.39 is 24.2 Å². The summed E-state index contributed by atoms with van der Waals surface area (Å²) in [5.74, 6) is -1.66. The molecule has 0 N–H and O–H groups in total. The lowest BCUT2D eigenvalue weighted by atomic mass is 10.2. The second-order valence-electron chi connectivity index (χ2n) is 7.39. The summed E-state index contributed by atoms with van der Waals surface area (Å²) in [6.07, 6.45) is -0.0254. The van der Waals surface area contributed by atoms with Crippen LogP contribution in [0.4, 0.5) is 9.59 Å². The molecule has 0 aliphatic carbocycles. The van der Waals surface area contributed by atoms with Crippen LogP contribution in [0.15, 0.2) is 48.5 Å². The Morgan fingerprint density at radius 3 is 1.25 bits per heavy atom. The van der Waals surface area contributed by atoms with Gasteiger partial charge in [-0.1, -0.05) is 35.4 Å². The molecule has 0 atom stereocenters. The number of aryl methyl sites for hydroxylation is 2. The van der Waals surface area contributed by atoms with Crippen LogP contribution in [0.5, 0.6) is 0 Å². The topological polar surface area (TPSA) is 142 Å². The summed E-state index contributed by atoms with van der Waals surface area (Å²) in [4.78, 5) is 63.1. The summed E-state index contributed by atoms with van der Waals surface area (Å²) < 4.78 is 9.50. The van der Waals surface area contributed by atoms with Crippen LogP contribution < -0.4 is 0 Å². The minimum atomic E-state index is -1.17. The van der Waals surface area contributed by atoms with Crippen molar-refractivity contribution in [3.63, 3.8) is 0 Å². The smallest absolute Gasteiger partial charge is 0.432 e. The Hall–Kier alpha value is -4.16. The van der Waals surface area contributed by atoms with Crippen LogP contribution in [0, 0.1) is 13.8 Å². The molecule has 2 aromatic rings. The number of rotatable bonds is 13. The molecule has 0 aromatic heterocycles. The number of carbonyl (C=O) groups is 4. The Balaban J connectivity index is 1.40. The van der Waals surface area contributed by atoms with Crippen molar-refractivity contribution in [2.45, 2.75) is 39.5 Å². The fraction of sp³-hybridized carbons (Fsp3) is 0.333. The Kier molecular flexibility index (Phi) is 12.2. The van der Waals surface area contributed by atoms with Gasteiger partial charge in [0.15, 0.2) is 0 Å². The monoisotopic (exact) mass is 506 g/mol. The first-order valence-corrected chi connectivity index (χ1v) is 10.9. The predicted molar refractivity (Wildman–Crippen MR) is 119 cm³/mol. The summed E-state index contributed by atoms with van der Waals surface area (Å²) in [6.45, 7) is 3.80. The largest absolute Gasteiger partial charge is 0.543 e. The molecule has 2 aromatic carbocycles. The maximum absolute atomic E-state index is 11.7. The minimum Gasteiger partial charge on any atom is -0.432 e. The first-order chi connectivity index (χ1) is 17.3. The fourth-order valence-corrected chi connectivity index (χ4v) is 2.54. The van der Waals surface area contributed by atoms with Crippen LogP contribution >= 0.6 is 0 Å². The third-order valence-corrected chi connectivity index (χ3v) is 4.48. The molecular formula is C24H26O12. The Labute approximate surface area is 206 Å². The molecule has 194 valence electrons. The molecule has 12 nitrogen and oxygen atoms in total. The normalized spacial score (nSPS) is 10.2. The lowest BCUT2D eigenvalue weighted by molar-refractivity contribution is -0.452. The number of unbranched alkanes of at least 4 members (excludes halogenated alkanes) is 3. The van der Waals surface area contributed by atoms with E-state index in [4.69, 9.17) is 9.47 Å². The molecule has 0 amide bonds. The average Bonchev–Trinajstić information content (AvgIpc) is 2.86. The molecular weight excluding hydrogens is 480 g/mol. The summed E-state index contributed by atoms with van der Waals surface area (Å²) in [6, 6.07) is 13.0. The molecule has 0 spiro atoms. The van der Waals surface area contributed by atoms with Crippen molar-refractivity contribution < 1.29 is 58.3 Å². The summed E-state index contributed by atoms with van der Waals surface area (Å²) in [5.41, 5.74) is 2.38.